The monoisotopic (exact) mass is 381 g/mol. The fourth-order valence-corrected chi connectivity index (χ4v) is 4.54. The lowest BCUT2D eigenvalue weighted by atomic mass is 10.1. The Morgan fingerprint density at radius 3 is 3.04 bits per heavy atom. The zero-order valence-corrected chi connectivity index (χ0v) is 15.7. The molecule has 2 atom stereocenters. The molecule has 7 nitrogen and oxygen atoms in total. The summed E-state index contributed by atoms with van der Waals surface area (Å²) in [6, 6.07) is 8.35. The van der Waals surface area contributed by atoms with Gasteiger partial charge in [0.1, 0.15) is 15.8 Å². The molecule has 0 unspecified atom stereocenters. The maximum atomic E-state index is 12.5. The number of rotatable bonds is 4. The molecule has 2 saturated heterocycles. The lowest BCUT2D eigenvalue weighted by molar-refractivity contribution is -0.118. The Balaban J connectivity index is 1.36. The van der Waals surface area contributed by atoms with E-state index in [9.17, 15) is 4.79 Å². The van der Waals surface area contributed by atoms with Gasteiger partial charge in [0.2, 0.25) is 5.91 Å². The molecule has 3 aromatic rings. The van der Waals surface area contributed by atoms with E-state index < -0.39 is 0 Å². The van der Waals surface area contributed by atoms with Crippen molar-refractivity contribution in [3.8, 4) is 10.6 Å². The summed E-state index contributed by atoms with van der Waals surface area (Å²) in [5.41, 5.74) is 1.02. The second-order valence-electron chi connectivity index (χ2n) is 7.04. The lowest BCUT2D eigenvalue weighted by Crippen LogP contribution is -2.41. The summed E-state index contributed by atoms with van der Waals surface area (Å²) < 4.78 is 5.59. The molecule has 0 aliphatic carbocycles. The summed E-state index contributed by atoms with van der Waals surface area (Å²) in [6.07, 6.45) is 3.05. The van der Waals surface area contributed by atoms with Gasteiger partial charge < -0.3 is 10.1 Å². The van der Waals surface area contributed by atoms with E-state index in [1.165, 1.54) is 0 Å². The standard InChI is InChI=1S/C19H19N5O2S/c1-11-22-23-19(27-11)13-2-3-16-12(6-13)4-5-20-18(16)21-17(25)9-24-8-15-7-14(24)10-26-15/h2-6,14-15H,7-10H2,1H3,(H,20,21,25)/t14-,15-/m1/s1. The van der Waals surface area contributed by atoms with Gasteiger partial charge in [-0.1, -0.05) is 17.4 Å². The highest BCUT2D eigenvalue weighted by Crippen LogP contribution is 2.30. The van der Waals surface area contributed by atoms with Crippen LogP contribution in [0.25, 0.3) is 21.3 Å². The van der Waals surface area contributed by atoms with Gasteiger partial charge >= 0.3 is 0 Å². The largest absolute Gasteiger partial charge is 0.375 e. The van der Waals surface area contributed by atoms with E-state index in [0.717, 1.165) is 45.9 Å². The Bertz CT molecular complexity index is 1020. The highest BCUT2D eigenvalue weighted by Gasteiger charge is 2.39. The third-order valence-electron chi connectivity index (χ3n) is 5.16. The molecule has 2 aromatic heterocycles. The van der Waals surface area contributed by atoms with Crippen LogP contribution in [0.4, 0.5) is 5.82 Å². The number of amides is 1. The van der Waals surface area contributed by atoms with Gasteiger partial charge in [-0.25, -0.2) is 4.98 Å². The van der Waals surface area contributed by atoms with Crippen molar-refractivity contribution in [2.45, 2.75) is 25.5 Å². The topological polar surface area (TPSA) is 80.2 Å². The number of carbonyl (C=O) groups is 1. The first-order chi connectivity index (χ1) is 13.2. The van der Waals surface area contributed by atoms with Gasteiger partial charge in [-0.2, -0.15) is 0 Å². The number of morpholine rings is 1. The molecule has 2 aliphatic rings. The van der Waals surface area contributed by atoms with E-state index in [0.29, 0.717) is 24.5 Å². The summed E-state index contributed by atoms with van der Waals surface area (Å²) >= 11 is 1.56. The maximum absolute atomic E-state index is 12.5. The van der Waals surface area contributed by atoms with E-state index in [1.807, 2.05) is 25.1 Å². The molecule has 138 valence electrons. The van der Waals surface area contributed by atoms with Gasteiger partial charge in [-0.05, 0) is 36.9 Å². The van der Waals surface area contributed by atoms with Crippen LogP contribution in [-0.2, 0) is 9.53 Å². The van der Waals surface area contributed by atoms with Crippen molar-refractivity contribution in [2.75, 3.05) is 25.0 Å². The summed E-state index contributed by atoms with van der Waals surface area (Å²) in [6.45, 7) is 3.90. The number of fused-ring (bicyclic) bond motifs is 3. The van der Waals surface area contributed by atoms with Gasteiger partial charge in [-0.3, -0.25) is 9.69 Å². The van der Waals surface area contributed by atoms with Crippen LogP contribution in [0.2, 0.25) is 0 Å². The van der Waals surface area contributed by atoms with E-state index >= 15 is 0 Å². The first kappa shape index (κ1) is 16.7. The minimum absolute atomic E-state index is 0.0358. The Labute approximate surface area is 160 Å². The lowest BCUT2D eigenvalue weighted by Gasteiger charge is -2.25. The number of hydrogen-bond donors (Lipinski definition) is 1. The molecule has 5 rings (SSSR count). The minimum atomic E-state index is -0.0358. The van der Waals surface area contributed by atoms with Crippen molar-refractivity contribution in [2.24, 2.45) is 0 Å². The Morgan fingerprint density at radius 1 is 1.37 bits per heavy atom. The third kappa shape index (κ3) is 3.20. The summed E-state index contributed by atoms with van der Waals surface area (Å²) in [7, 11) is 0. The SMILES string of the molecule is Cc1nnc(-c2ccc3c(NC(=O)CN4C[C@H]5C[C@@H]4CO5)nccc3c2)s1. The Kier molecular flexibility index (Phi) is 4.11. The normalized spacial score (nSPS) is 21.8. The molecule has 0 spiro atoms. The van der Waals surface area contributed by atoms with Crippen molar-refractivity contribution in [3.05, 3.63) is 35.5 Å². The molecule has 27 heavy (non-hydrogen) atoms. The molecule has 2 aliphatic heterocycles. The zero-order valence-electron chi connectivity index (χ0n) is 14.9. The van der Waals surface area contributed by atoms with E-state index in [2.05, 4.69) is 31.5 Å². The molecule has 1 N–H and O–H groups in total. The number of hydrogen-bond acceptors (Lipinski definition) is 7. The van der Waals surface area contributed by atoms with Crippen LogP contribution < -0.4 is 5.32 Å². The summed E-state index contributed by atoms with van der Waals surface area (Å²) in [5, 5.41) is 15.0. The Morgan fingerprint density at radius 2 is 2.30 bits per heavy atom. The highest BCUT2D eigenvalue weighted by molar-refractivity contribution is 7.14. The number of pyridine rings is 1. The predicted molar refractivity (Wildman–Crippen MR) is 104 cm³/mol. The fraction of sp³-hybridized carbons (Fsp3) is 0.368. The van der Waals surface area contributed by atoms with Crippen LogP contribution in [0.3, 0.4) is 0 Å². The number of aromatic nitrogens is 3. The number of carbonyl (C=O) groups excluding carboxylic acids is 1. The average Bonchev–Trinajstić information content (AvgIpc) is 3.38. The molecule has 0 radical (unpaired) electrons. The van der Waals surface area contributed by atoms with E-state index in [4.69, 9.17) is 4.74 Å². The number of aryl methyl sites for hydroxylation is 1. The smallest absolute Gasteiger partial charge is 0.239 e. The molecule has 1 aromatic carbocycles. The van der Waals surface area contributed by atoms with Gasteiger partial charge in [-0.15, -0.1) is 10.2 Å². The highest BCUT2D eigenvalue weighted by atomic mass is 32.1. The van der Waals surface area contributed by atoms with Crippen molar-refractivity contribution >= 4 is 33.8 Å². The van der Waals surface area contributed by atoms with Crippen molar-refractivity contribution in [1.29, 1.82) is 0 Å². The number of ether oxygens (including phenoxy) is 1. The van der Waals surface area contributed by atoms with Gasteiger partial charge in [0, 0.05) is 29.7 Å². The molecular weight excluding hydrogens is 362 g/mol. The van der Waals surface area contributed by atoms with Gasteiger partial charge in [0.15, 0.2) is 0 Å². The van der Waals surface area contributed by atoms with E-state index in [-0.39, 0.29) is 5.91 Å². The zero-order chi connectivity index (χ0) is 18.4. The maximum Gasteiger partial charge on any atom is 0.239 e. The molecule has 4 heterocycles. The predicted octanol–water partition coefficient (Wildman–Crippen LogP) is 2.47. The van der Waals surface area contributed by atoms with Crippen LogP contribution in [0, 0.1) is 6.92 Å². The average molecular weight is 381 g/mol. The molecule has 0 saturated carbocycles. The molecule has 8 heteroatoms. The quantitative estimate of drug-likeness (QED) is 0.748. The number of benzene rings is 1. The van der Waals surface area contributed by atoms with Crippen LogP contribution in [0.15, 0.2) is 30.5 Å². The molecule has 2 fully saturated rings. The van der Waals surface area contributed by atoms with Gasteiger partial charge in [0.05, 0.1) is 19.3 Å². The fourth-order valence-electron chi connectivity index (χ4n) is 3.85. The van der Waals surface area contributed by atoms with Gasteiger partial charge in [0.25, 0.3) is 0 Å². The first-order valence-corrected chi connectivity index (χ1v) is 9.82. The van der Waals surface area contributed by atoms with Crippen molar-refractivity contribution in [3.63, 3.8) is 0 Å². The molecule has 2 bridgehead atoms. The summed E-state index contributed by atoms with van der Waals surface area (Å²) in [5.74, 6) is 0.560. The van der Waals surface area contributed by atoms with Crippen molar-refractivity contribution in [1.82, 2.24) is 20.1 Å². The van der Waals surface area contributed by atoms with Crippen LogP contribution in [0.1, 0.15) is 11.4 Å². The van der Waals surface area contributed by atoms with Crippen LogP contribution in [0.5, 0.6) is 0 Å². The number of nitrogens with one attached hydrogen (secondary N) is 1. The number of anilines is 1. The number of nitrogens with zero attached hydrogens (tertiary/aromatic N) is 4. The Hall–Kier alpha value is -2.42. The van der Waals surface area contributed by atoms with Crippen molar-refractivity contribution < 1.29 is 9.53 Å². The van der Waals surface area contributed by atoms with Crippen LogP contribution in [-0.4, -0.2) is 57.8 Å². The third-order valence-corrected chi connectivity index (χ3v) is 6.04. The molecular formula is C19H19N5O2S. The van der Waals surface area contributed by atoms with E-state index in [1.54, 1.807) is 17.5 Å². The van der Waals surface area contributed by atoms with Crippen LogP contribution >= 0.6 is 11.3 Å². The molecule has 1 amide bonds. The first-order valence-electron chi connectivity index (χ1n) is 9.00. The number of likely N-dealkylation sites (tertiary alicyclic amines) is 1. The second-order valence-corrected chi connectivity index (χ2v) is 8.23. The summed E-state index contributed by atoms with van der Waals surface area (Å²) in [4.78, 5) is 19.1. The minimum Gasteiger partial charge on any atom is -0.375 e. The second kappa shape index (κ2) is 6.63.